The van der Waals surface area contributed by atoms with Crippen molar-refractivity contribution < 1.29 is 19.1 Å². The number of ether oxygens (including phenoxy) is 2. The van der Waals surface area contributed by atoms with Crippen molar-refractivity contribution in [1.82, 2.24) is 5.32 Å². The Morgan fingerprint density at radius 3 is 2.12 bits per heavy atom. The van der Waals surface area contributed by atoms with E-state index in [4.69, 9.17) is 9.47 Å². The van der Waals surface area contributed by atoms with Crippen LogP contribution >= 0.6 is 0 Å². The van der Waals surface area contributed by atoms with Crippen LogP contribution < -0.4 is 20.1 Å². The molecule has 2 aromatic carbocycles. The van der Waals surface area contributed by atoms with Crippen LogP contribution in [0.4, 0.5) is 5.69 Å². The molecule has 0 aliphatic heterocycles. The Labute approximate surface area is 140 Å². The van der Waals surface area contributed by atoms with Crippen LogP contribution in [0.1, 0.15) is 5.56 Å². The lowest BCUT2D eigenvalue weighted by Crippen LogP contribution is -2.33. The van der Waals surface area contributed by atoms with E-state index >= 15 is 0 Å². The highest BCUT2D eigenvalue weighted by Gasteiger charge is 2.08. The summed E-state index contributed by atoms with van der Waals surface area (Å²) in [6, 6.07) is 14.4. The number of anilines is 1. The molecule has 126 valence electrons. The number of methoxy groups -OCH3 is 2. The topological polar surface area (TPSA) is 76.7 Å². The fraction of sp³-hybridized carbons (Fsp3) is 0.222. The van der Waals surface area contributed by atoms with Crippen molar-refractivity contribution in [1.29, 1.82) is 0 Å². The molecule has 0 unspecified atom stereocenters. The smallest absolute Gasteiger partial charge is 0.243 e. The van der Waals surface area contributed by atoms with Crippen molar-refractivity contribution in [3.63, 3.8) is 0 Å². The van der Waals surface area contributed by atoms with Gasteiger partial charge in [-0.1, -0.05) is 30.3 Å². The molecule has 0 aliphatic carbocycles. The molecular weight excluding hydrogens is 308 g/mol. The molecule has 0 radical (unpaired) electrons. The van der Waals surface area contributed by atoms with Crippen LogP contribution in [0.15, 0.2) is 48.5 Å². The van der Waals surface area contributed by atoms with Crippen LogP contribution in [-0.2, 0) is 16.0 Å². The summed E-state index contributed by atoms with van der Waals surface area (Å²) in [5, 5.41) is 5.29. The molecule has 0 atom stereocenters. The number of carbonyl (C=O) groups excluding carboxylic acids is 2. The zero-order chi connectivity index (χ0) is 17.4. The van der Waals surface area contributed by atoms with Crippen molar-refractivity contribution in [3.05, 3.63) is 54.1 Å². The van der Waals surface area contributed by atoms with Crippen LogP contribution in [0.5, 0.6) is 11.5 Å². The van der Waals surface area contributed by atoms with Crippen molar-refractivity contribution in [3.8, 4) is 11.5 Å². The Morgan fingerprint density at radius 1 is 0.917 bits per heavy atom. The Kier molecular flexibility index (Phi) is 6.19. The summed E-state index contributed by atoms with van der Waals surface area (Å²) in [5.41, 5.74) is 1.43. The highest BCUT2D eigenvalue weighted by molar-refractivity contribution is 5.95. The van der Waals surface area contributed by atoms with E-state index in [2.05, 4.69) is 10.6 Å². The second-order valence-corrected chi connectivity index (χ2v) is 5.09. The second-order valence-electron chi connectivity index (χ2n) is 5.09. The molecule has 2 rings (SSSR count). The Hall–Kier alpha value is -3.02. The first-order chi connectivity index (χ1) is 11.6. The normalized spacial score (nSPS) is 9.92. The first-order valence-corrected chi connectivity index (χ1v) is 7.44. The van der Waals surface area contributed by atoms with Gasteiger partial charge >= 0.3 is 0 Å². The number of nitrogens with one attached hydrogen (secondary N) is 2. The van der Waals surface area contributed by atoms with Crippen LogP contribution in [0.2, 0.25) is 0 Å². The van der Waals surface area contributed by atoms with Crippen molar-refractivity contribution in [2.75, 3.05) is 26.1 Å². The number of benzene rings is 2. The fourth-order valence-electron chi connectivity index (χ4n) is 2.11. The number of rotatable bonds is 7. The Morgan fingerprint density at radius 2 is 1.54 bits per heavy atom. The molecule has 24 heavy (non-hydrogen) atoms. The zero-order valence-corrected chi connectivity index (χ0v) is 13.7. The van der Waals surface area contributed by atoms with Crippen molar-refractivity contribution in [2.24, 2.45) is 0 Å². The predicted octanol–water partition coefficient (Wildman–Crippen LogP) is 2.00. The molecule has 6 heteroatoms. The van der Waals surface area contributed by atoms with Gasteiger partial charge in [-0.2, -0.15) is 0 Å². The number of hydrogen-bond acceptors (Lipinski definition) is 4. The predicted molar refractivity (Wildman–Crippen MR) is 91.3 cm³/mol. The van der Waals surface area contributed by atoms with Crippen LogP contribution in [-0.4, -0.2) is 32.6 Å². The van der Waals surface area contributed by atoms with E-state index < -0.39 is 0 Å². The Bertz CT molecular complexity index is 679. The maximum atomic E-state index is 12.0. The first kappa shape index (κ1) is 17.3. The van der Waals surface area contributed by atoms with E-state index in [1.165, 1.54) is 14.2 Å². The molecule has 2 aromatic rings. The first-order valence-electron chi connectivity index (χ1n) is 7.44. The largest absolute Gasteiger partial charge is 0.497 e. The zero-order valence-electron chi connectivity index (χ0n) is 13.7. The van der Waals surface area contributed by atoms with E-state index in [0.717, 1.165) is 5.56 Å². The van der Waals surface area contributed by atoms with Crippen LogP contribution in [0.3, 0.4) is 0 Å². The summed E-state index contributed by atoms with van der Waals surface area (Å²) in [5.74, 6) is 0.599. The molecule has 0 bridgehead atoms. The minimum Gasteiger partial charge on any atom is -0.497 e. The van der Waals surface area contributed by atoms with Crippen LogP contribution in [0, 0.1) is 0 Å². The maximum Gasteiger partial charge on any atom is 0.243 e. The molecule has 2 amide bonds. The van der Waals surface area contributed by atoms with Gasteiger partial charge in [0.1, 0.15) is 11.5 Å². The number of carbonyl (C=O) groups is 2. The van der Waals surface area contributed by atoms with Crippen molar-refractivity contribution >= 4 is 17.5 Å². The molecule has 6 nitrogen and oxygen atoms in total. The third-order valence-corrected chi connectivity index (χ3v) is 3.29. The summed E-state index contributed by atoms with van der Waals surface area (Å²) >= 11 is 0. The van der Waals surface area contributed by atoms with E-state index in [9.17, 15) is 9.59 Å². The number of hydrogen-bond donors (Lipinski definition) is 2. The summed E-state index contributed by atoms with van der Waals surface area (Å²) in [4.78, 5) is 23.8. The second kappa shape index (κ2) is 8.57. The number of amides is 2. The third kappa shape index (κ3) is 5.31. The fourth-order valence-corrected chi connectivity index (χ4v) is 2.11. The highest BCUT2D eigenvalue weighted by Crippen LogP contribution is 2.25. The Balaban J connectivity index is 1.86. The van der Waals surface area contributed by atoms with Crippen LogP contribution in [0.25, 0.3) is 0 Å². The van der Waals surface area contributed by atoms with Gasteiger partial charge in [-0.3, -0.25) is 9.59 Å². The van der Waals surface area contributed by atoms with Crippen molar-refractivity contribution in [2.45, 2.75) is 6.42 Å². The molecule has 0 heterocycles. The molecule has 0 spiro atoms. The summed E-state index contributed by atoms with van der Waals surface area (Å²) in [7, 11) is 3.06. The minimum absolute atomic E-state index is 0.106. The van der Waals surface area contributed by atoms with Gasteiger partial charge in [-0.15, -0.1) is 0 Å². The van der Waals surface area contributed by atoms with Gasteiger partial charge in [0.15, 0.2) is 0 Å². The average molecular weight is 328 g/mol. The molecule has 0 aliphatic rings. The average Bonchev–Trinajstić information content (AvgIpc) is 2.60. The van der Waals surface area contributed by atoms with Gasteiger partial charge < -0.3 is 20.1 Å². The molecule has 0 aromatic heterocycles. The lowest BCUT2D eigenvalue weighted by atomic mass is 10.1. The lowest BCUT2D eigenvalue weighted by molar-refractivity contribution is -0.123. The minimum atomic E-state index is -0.327. The van der Waals surface area contributed by atoms with Gasteiger partial charge in [-0.05, 0) is 5.56 Å². The quantitative estimate of drug-likeness (QED) is 0.815. The van der Waals surface area contributed by atoms with Gasteiger partial charge in [-0.25, -0.2) is 0 Å². The third-order valence-electron chi connectivity index (χ3n) is 3.29. The maximum absolute atomic E-state index is 12.0. The van der Waals surface area contributed by atoms with E-state index in [-0.39, 0.29) is 24.8 Å². The van der Waals surface area contributed by atoms with Gasteiger partial charge in [0.25, 0.3) is 0 Å². The summed E-state index contributed by atoms with van der Waals surface area (Å²) in [6.45, 7) is -0.106. The lowest BCUT2D eigenvalue weighted by Gasteiger charge is -2.10. The molecular formula is C18H20N2O4. The van der Waals surface area contributed by atoms with Gasteiger partial charge in [0.2, 0.25) is 11.8 Å². The molecule has 0 fully saturated rings. The highest BCUT2D eigenvalue weighted by atomic mass is 16.5. The monoisotopic (exact) mass is 328 g/mol. The van der Waals surface area contributed by atoms with Gasteiger partial charge in [0, 0.05) is 23.9 Å². The molecule has 2 N–H and O–H groups in total. The van der Waals surface area contributed by atoms with Gasteiger partial charge in [0.05, 0.1) is 27.2 Å². The molecule has 0 saturated heterocycles. The SMILES string of the molecule is COc1cc(NC(=O)CNC(=O)Cc2ccccc2)cc(OC)c1. The van der Waals surface area contributed by atoms with E-state index in [1.54, 1.807) is 18.2 Å². The van der Waals surface area contributed by atoms with E-state index in [0.29, 0.717) is 17.2 Å². The molecule has 0 saturated carbocycles. The standard InChI is InChI=1S/C18H20N2O4/c1-23-15-9-14(10-16(11-15)24-2)20-18(22)12-19-17(21)8-13-6-4-3-5-7-13/h3-7,9-11H,8,12H2,1-2H3,(H,19,21)(H,20,22). The van der Waals surface area contributed by atoms with E-state index in [1.807, 2.05) is 30.3 Å². The summed E-state index contributed by atoms with van der Waals surface area (Å²) < 4.78 is 10.3. The summed E-state index contributed by atoms with van der Waals surface area (Å²) in [6.07, 6.45) is 0.237.